The normalized spacial score (nSPS) is 12.5. The Hall–Kier alpha value is -2.00. The molecule has 2 aromatic carbocycles. The Morgan fingerprint density at radius 3 is 2.52 bits per heavy atom. The van der Waals surface area contributed by atoms with E-state index in [-0.39, 0.29) is 6.04 Å². The van der Waals surface area contributed by atoms with E-state index in [1.165, 1.54) is 5.56 Å². The SMILES string of the molecule is COc1ccc(C(C)n2c(CCl)nc3ccccc32)cc1. The number of fused-ring (bicyclic) bond motifs is 1. The molecule has 4 heteroatoms. The maximum Gasteiger partial charge on any atom is 0.125 e. The first-order valence-electron chi connectivity index (χ1n) is 6.90. The van der Waals surface area contributed by atoms with E-state index in [1.807, 2.05) is 30.3 Å². The van der Waals surface area contributed by atoms with Crippen LogP contribution in [0.1, 0.15) is 24.4 Å². The molecule has 0 radical (unpaired) electrons. The zero-order valence-corrected chi connectivity index (χ0v) is 12.8. The van der Waals surface area contributed by atoms with E-state index in [4.69, 9.17) is 16.3 Å². The molecule has 3 aromatic rings. The summed E-state index contributed by atoms with van der Waals surface area (Å²) in [6, 6.07) is 16.4. The van der Waals surface area contributed by atoms with Crippen molar-refractivity contribution in [3.8, 4) is 5.75 Å². The molecule has 3 nitrogen and oxygen atoms in total. The van der Waals surface area contributed by atoms with Crippen LogP contribution in [0.15, 0.2) is 48.5 Å². The Labute approximate surface area is 129 Å². The molecule has 0 amide bonds. The van der Waals surface area contributed by atoms with E-state index in [0.29, 0.717) is 5.88 Å². The van der Waals surface area contributed by atoms with Gasteiger partial charge in [-0.25, -0.2) is 4.98 Å². The molecule has 0 aliphatic heterocycles. The van der Waals surface area contributed by atoms with Gasteiger partial charge in [0.2, 0.25) is 0 Å². The standard InChI is InChI=1S/C17H17ClN2O/c1-12(13-7-9-14(21-2)10-8-13)20-16-6-4-3-5-15(16)19-17(20)11-18/h3-10,12H,11H2,1-2H3. The third kappa shape index (κ3) is 2.49. The van der Waals surface area contributed by atoms with E-state index < -0.39 is 0 Å². The van der Waals surface area contributed by atoms with Gasteiger partial charge in [-0.15, -0.1) is 11.6 Å². The van der Waals surface area contributed by atoms with Crippen LogP contribution in [0.25, 0.3) is 11.0 Å². The highest BCUT2D eigenvalue weighted by Crippen LogP contribution is 2.27. The van der Waals surface area contributed by atoms with E-state index >= 15 is 0 Å². The predicted octanol–water partition coefficient (Wildman–Crippen LogP) is 4.39. The third-order valence-corrected chi connectivity index (χ3v) is 4.01. The number of benzene rings is 2. The molecule has 0 fully saturated rings. The van der Waals surface area contributed by atoms with Crippen molar-refractivity contribution in [2.24, 2.45) is 0 Å². The van der Waals surface area contributed by atoms with Crippen LogP contribution in [0.3, 0.4) is 0 Å². The molecular formula is C17H17ClN2O. The first kappa shape index (κ1) is 14.0. The van der Waals surface area contributed by atoms with Crippen molar-refractivity contribution in [1.82, 2.24) is 9.55 Å². The second-order valence-corrected chi connectivity index (χ2v) is 5.24. The Kier molecular flexibility index (Phi) is 3.84. The largest absolute Gasteiger partial charge is 0.497 e. The van der Waals surface area contributed by atoms with Gasteiger partial charge in [0.15, 0.2) is 0 Å². The maximum absolute atomic E-state index is 6.08. The zero-order valence-electron chi connectivity index (χ0n) is 12.1. The molecule has 0 N–H and O–H groups in total. The molecule has 1 heterocycles. The maximum atomic E-state index is 6.08. The van der Waals surface area contributed by atoms with Crippen molar-refractivity contribution < 1.29 is 4.74 Å². The summed E-state index contributed by atoms with van der Waals surface area (Å²) in [4.78, 5) is 4.62. The smallest absolute Gasteiger partial charge is 0.125 e. The Morgan fingerprint density at radius 2 is 1.86 bits per heavy atom. The van der Waals surface area contributed by atoms with E-state index in [9.17, 15) is 0 Å². The Morgan fingerprint density at radius 1 is 1.14 bits per heavy atom. The molecular weight excluding hydrogens is 284 g/mol. The van der Waals surface area contributed by atoms with Crippen LogP contribution >= 0.6 is 11.6 Å². The fraction of sp³-hybridized carbons (Fsp3) is 0.235. The molecule has 0 saturated carbocycles. The van der Waals surface area contributed by atoms with Crippen molar-refractivity contribution in [3.63, 3.8) is 0 Å². The van der Waals surface area contributed by atoms with Gasteiger partial charge in [0.25, 0.3) is 0 Å². The number of hydrogen-bond acceptors (Lipinski definition) is 2. The van der Waals surface area contributed by atoms with Crippen molar-refractivity contribution >= 4 is 22.6 Å². The Bertz CT molecular complexity index is 749. The van der Waals surface area contributed by atoms with Gasteiger partial charge in [-0.1, -0.05) is 24.3 Å². The van der Waals surface area contributed by atoms with E-state index in [2.05, 4.69) is 34.7 Å². The lowest BCUT2D eigenvalue weighted by molar-refractivity contribution is 0.414. The van der Waals surface area contributed by atoms with Crippen molar-refractivity contribution in [1.29, 1.82) is 0 Å². The number of imidazole rings is 1. The summed E-state index contributed by atoms with van der Waals surface area (Å²) in [6.07, 6.45) is 0. The van der Waals surface area contributed by atoms with Gasteiger partial charge in [0, 0.05) is 0 Å². The first-order chi connectivity index (χ1) is 10.2. The number of hydrogen-bond donors (Lipinski definition) is 0. The summed E-state index contributed by atoms with van der Waals surface area (Å²) in [5.41, 5.74) is 3.29. The molecule has 108 valence electrons. The summed E-state index contributed by atoms with van der Waals surface area (Å²) in [7, 11) is 1.67. The molecule has 0 bridgehead atoms. The predicted molar refractivity (Wildman–Crippen MR) is 86.1 cm³/mol. The second kappa shape index (κ2) is 5.78. The lowest BCUT2D eigenvalue weighted by Gasteiger charge is -2.18. The Balaban J connectivity index is 2.09. The summed E-state index contributed by atoms with van der Waals surface area (Å²) in [5.74, 6) is 2.15. The third-order valence-electron chi connectivity index (χ3n) is 3.77. The minimum Gasteiger partial charge on any atom is -0.497 e. The van der Waals surface area contributed by atoms with Gasteiger partial charge in [0.05, 0.1) is 30.1 Å². The highest BCUT2D eigenvalue weighted by atomic mass is 35.5. The average molecular weight is 301 g/mol. The zero-order chi connectivity index (χ0) is 14.8. The number of halogens is 1. The lowest BCUT2D eigenvalue weighted by Crippen LogP contribution is -2.09. The van der Waals surface area contributed by atoms with E-state index in [1.54, 1.807) is 7.11 Å². The van der Waals surface area contributed by atoms with Gasteiger partial charge in [-0.2, -0.15) is 0 Å². The molecule has 0 spiro atoms. The van der Waals surface area contributed by atoms with Crippen molar-refractivity contribution in [2.45, 2.75) is 18.8 Å². The molecule has 1 atom stereocenters. The number of alkyl halides is 1. The average Bonchev–Trinajstić information content (AvgIpc) is 2.92. The molecule has 0 aliphatic rings. The van der Waals surface area contributed by atoms with Crippen LogP contribution in [-0.4, -0.2) is 16.7 Å². The molecule has 0 saturated heterocycles. The number of ether oxygens (including phenoxy) is 1. The fourth-order valence-corrected chi connectivity index (χ4v) is 2.84. The summed E-state index contributed by atoms with van der Waals surface area (Å²) >= 11 is 6.08. The first-order valence-corrected chi connectivity index (χ1v) is 7.44. The van der Waals surface area contributed by atoms with Gasteiger partial charge in [-0.3, -0.25) is 0 Å². The number of nitrogens with zero attached hydrogens (tertiary/aromatic N) is 2. The highest BCUT2D eigenvalue weighted by molar-refractivity contribution is 6.16. The van der Waals surface area contributed by atoms with E-state index in [0.717, 1.165) is 22.6 Å². The van der Waals surface area contributed by atoms with Crippen LogP contribution < -0.4 is 4.74 Å². The molecule has 1 unspecified atom stereocenters. The fourth-order valence-electron chi connectivity index (χ4n) is 2.65. The molecule has 3 rings (SSSR count). The number of rotatable bonds is 4. The van der Waals surface area contributed by atoms with Crippen LogP contribution in [0, 0.1) is 0 Å². The number of aromatic nitrogens is 2. The second-order valence-electron chi connectivity index (χ2n) is 4.97. The van der Waals surface area contributed by atoms with Gasteiger partial charge in [0.1, 0.15) is 11.6 Å². The minimum atomic E-state index is 0.164. The quantitative estimate of drug-likeness (QED) is 0.668. The van der Waals surface area contributed by atoms with Gasteiger partial charge >= 0.3 is 0 Å². The topological polar surface area (TPSA) is 27.1 Å². The monoisotopic (exact) mass is 300 g/mol. The highest BCUT2D eigenvalue weighted by Gasteiger charge is 2.16. The molecule has 0 aliphatic carbocycles. The summed E-state index contributed by atoms with van der Waals surface area (Å²) in [5, 5.41) is 0. The van der Waals surface area contributed by atoms with Crippen LogP contribution in [-0.2, 0) is 5.88 Å². The van der Waals surface area contributed by atoms with Gasteiger partial charge in [-0.05, 0) is 36.8 Å². The minimum absolute atomic E-state index is 0.164. The summed E-state index contributed by atoms with van der Waals surface area (Å²) in [6.45, 7) is 2.16. The number of methoxy groups -OCH3 is 1. The van der Waals surface area contributed by atoms with Gasteiger partial charge < -0.3 is 9.30 Å². The van der Waals surface area contributed by atoms with Crippen LogP contribution in [0.2, 0.25) is 0 Å². The lowest BCUT2D eigenvalue weighted by atomic mass is 10.1. The summed E-state index contributed by atoms with van der Waals surface area (Å²) < 4.78 is 7.41. The van der Waals surface area contributed by atoms with Crippen LogP contribution in [0.5, 0.6) is 5.75 Å². The molecule has 21 heavy (non-hydrogen) atoms. The molecule has 1 aromatic heterocycles. The van der Waals surface area contributed by atoms with Crippen molar-refractivity contribution in [2.75, 3.05) is 7.11 Å². The van der Waals surface area contributed by atoms with Crippen molar-refractivity contribution in [3.05, 3.63) is 59.9 Å². The number of para-hydroxylation sites is 2. The van der Waals surface area contributed by atoms with Crippen LogP contribution in [0.4, 0.5) is 0 Å².